The van der Waals surface area contributed by atoms with Crippen LogP contribution in [0, 0.1) is 28.9 Å². The smallest absolute Gasteiger partial charge is 0.319 e. The third-order valence-electron chi connectivity index (χ3n) is 15.3. The number of halogens is 4. The number of hydrogen-bond donors (Lipinski definition) is 1. The van der Waals surface area contributed by atoms with Gasteiger partial charge >= 0.3 is 6.01 Å². The molecule has 0 spiro atoms. The molecule has 340 valence electrons. The van der Waals surface area contributed by atoms with E-state index in [-0.39, 0.29) is 85.5 Å². The molecule has 2 unspecified atom stereocenters. The van der Waals surface area contributed by atoms with E-state index in [1.54, 1.807) is 12.1 Å². The van der Waals surface area contributed by atoms with Gasteiger partial charge in [-0.3, -0.25) is 9.80 Å². The Labute approximate surface area is 381 Å². The zero-order valence-corrected chi connectivity index (χ0v) is 39.8. The SMILES string of the molecule is CC(C)[Si](C#Cc1c(F)ccc2cc(N)cc(-c3c(F)cc4c(N5CC6C=CC(C5)N6C(C)(C)c5ccccc5)nc(OC[C@@]56CCCN5C/C(=C/F)C6)nc4c3F)c12)(C(C)C)C(C)C. The van der Waals surface area contributed by atoms with Gasteiger partial charge in [0.1, 0.15) is 37.6 Å². The van der Waals surface area contributed by atoms with Gasteiger partial charge in [-0.1, -0.05) is 96.0 Å². The highest BCUT2D eigenvalue weighted by atomic mass is 28.3. The molecule has 4 aromatic carbocycles. The summed E-state index contributed by atoms with van der Waals surface area (Å²) in [6.45, 7) is 20.1. The highest BCUT2D eigenvalue weighted by Gasteiger charge is 2.48. The fraction of sp³-hybridized carbons (Fsp3) is 0.434. The molecule has 3 saturated heterocycles. The van der Waals surface area contributed by atoms with Crippen molar-refractivity contribution < 1.29 is 22.3 Å². The molecule has 0 amide bonds. The average Bonchev–Trinajstić information content (AvgIpc) is 3.91. The number of nitrogen functional groups attached to an aromatic ring is 1. The summed E-state index contributed by atoms with van der Waals surface area (Å²) in [5.74, 6) is 1.25. The second-order valence-corrected chi connectivity index (χ2v) is 25.8. The Morgan fingerprint density at radius 1 is 0.923 bits per heavy atom. The number of piperazine rings is 1. The maximum Gasteiger partial charge on any atom is 0.319 e. The van der Waals surface area contributed by atoms with Crippen LogP contribution in [0.5, 0.6) is 6.01 Å². The van der Waals surface area contributed by atoms with Crippen LogP contribution >= 0.6 is 0 Å². The van der Waals surface area contributed by atoms with Crippen LogP contribution in [0.3, 0.4) is 0 Å². The number of nitrogens with zero attached hydrogens (tertiary/aromatic N) is 5. The van der Waals surface area contributed by atoms with Crippen molar-refractivity contribution in [3.8, 4) is 28.6 Å². The first-order valence-electron chi connectivity index (χ1n) is 23.2. The molecule has 4 aliphatic heterocycles. The number of aromatic nitrogens is 2. The average molecular weight is 901 g/mol. The van der Waals surface area contributed by atoms with Crippen LogP contribution < -0.4 is 15.4 Å². The van der Waals surface area contributed by atoms with Crippen molar-refractivity contribution in [2.75, 3.05) is 43.4 Å². The maximum absolute atomic E-state index is 17.9. The molecule has 65 heavy (non-hydrogen) atoms. The number of ether oxygens (including phenoxy) is 1. The van der Waals surface area contributed by atoms with E-state index in [2.05, 4.69) is 118 Å². The molecule has 5 heterocycles. The van der Waals surface area contributed by atoms with E-state index < -0.39 is 31.1 Å². The fourth-order valence-electron chi connectivity index (χ4n) is 12.3. The monoisotopic (exact) mass is 900 g/mol. The molecule has 9 rings (SSSR count). The number of fused-ring (bicyclic) bond motifs is 5. The van der Waals surface area contributed by atoms with Crippen molar-refractivity contribution in [1.82, 2.24) is 19.8 Å². The van der Waals surface area contributed by atoms with E-state index in [0.29, 0.717) is 49.2 Å². The number of anilines is 2. The van der Waals surface area contributed by atoms with E-state index in [9.17, 15) is 4.39 Å². The van der Waals surface area contributed by atoms with Crippen LogP contribution in [-0.4, -0.2) is 78.3 Å². The standard InChI is InChI=1S/C53H60F4N6OSi/c1-32(2)65(33(3)4,34(5)6)22-19-41-44(55)18-15-36-23-38(58)24-42(46(36)41)47-45(56)25-43-49(48(47)57)59-51(64-31-53-20-12-21-62(53)28-35(26-53)27-54)60-50(43)61-29-39-16-17-40(30-61)63(39)52(7,8)37-13-10-9-11-14-37/h9-11,13-18,23-25,27,32-34,39-40H,12,20-21,26,28-31,58H2,1-8H3/b35-27+/t39?,40?,53-/m0/s1. The summed E-state index contributed by atoms with van der Waals surface area (Å²) in [5, 5.41) is 0.990. The molecule has 1 aromatic heterocycles. The van der Waals surface area contributed by atoms with Crippen LogP contribution in [0.25, 0.3) is 32.8 Å². The topological polar surface area (TPSA) is 70.8 Å². The molecule has 3 fully saturated rings. The van der Waals surface area contributed by atoms with Gasteiger partial charge in [-0.2, -0.15) is 9.97 Å². The van der Waals surface area contributed by atoms with Gasteiger partial charge in [0, 0.05) is 53.7 Å². The van der Waals surface area contributed by atoms with E-state index in [0.717, 1.165) is 19.4 Å². The van der Waals surface area contributed by atoms with Crippen LogP contribution in [-0.2, 0) is 5.54 Å². The van der Waals surface area contributed by atoms with Crippen LogP contribution in [0.1, 0.15) is 85.8 Å². The molecule has 5 aromatic rings. The molecule has 0 saturated carbocycles. The first-order chi connectivity index (χ1) is 31.0. The summed E-state index contributed by atoms with van der Waals surface area (Å²) < 4.78 is 71.8. The molecule has 0 aliphatic carbocycles. The third kappa shape index (κ3) is 7.52. The Bertz CT molecular complexity index is 2760. The summed E-state index contributed by atoms with van der Waals surface area (Å²) in [4.78, 5) is 16.5. The van der Waals surface area contributed by atoms with Gasteiger partial charge in [-0.25, -0.2) is 17.6 Å². The molecule has 2 bridgehead atoms. The van der Waals surface area contributed by atoms with Crippen molar-refractivity contribution in [1.29, 1.82) is 0 Å². The lowest BCUT2D eigenvalue weighted by molar-refractivity contribution is 0.0590. The summed E-state index contributed by atoms with van der Waals surface area (Å²) in [6, 6.07) is 17.7. The Balaban J connectivity index is 1.20. The lowest BCUT2D eigenvalue weighted by Gasteiger charge is -2.50. The van der Waals surface area contributed by atoms with Crippen molar-refractivity contribution in [3.63, 3.8) is 0 Å². The Morgan fingerprint density at radius 3 is 2.28 bits per heavy atom. The Hall–Kier alpha value is -5.22. The summed E-state index contributed by atoms with van der Waals surface area (Å²) >= 11 is 0. The summed E-state index contributed by atoms with van der Waals surface area (Å²) in [5.41, 5.74) is 12.0. The first kappa shape index (κ1) is 45.0. The predicted molar refractivity (Wildman–Crippen MR) is 258 cm³/mol. The number of rotatable bonds is 10. The van der Waals surface area contributed by atoms with E-state index >= 15 is 13.2 Å². The summed E-state index contributed by atoms with van der Waals surface area (Å²) in [7, 11) is -2.35. The number of nitrogens with two attached hydrogens (primary N) is 1. The van der Waals surface area contributed by atoms with Crippen molar-refractivity contribution in [3.05, 3.63) is 113 Å². The van der Waals surface area contributed by atoms with Gasteiger partial charge in [0.15, 0.2) is 5.82 Å². The van der Waals surface area contributed by atoms with Gasteiger partial charge in [-0.15, -0.1) is 5.54 Å². The normalized spacial score (nSPS) is 22.0. The molecular weight excluding hydrogens is 841 g/mol. The van der Waals surface area contributed by atoms with Crippen molar-refractivity contribution >= 4 is 41.3 Å². The highest BCUT2D eigenvalue weighted by molar-refractivity contribution is 6.90. The van der Waals surface area contributed by atoms with Crippen molar-refractivity contribution in [2.45, 2.75) is 114 Å². The lowest BCUT2D eigenvalue weighted by atomic mass is 9.89. The molecule has 3 atom stereocenters. The van der Waals surface area contributed by atoms with Gasteiger partial charge in [0.25, 0.3) is 0 Å². The van der Waals surface area contributed by atoms with Crippen molar-refractivity contribution in [2.24, 2.45) is 0 Å². The quantitative estimate of drug-likeness (QED) is 0.0492. The van der Waals surface area contributed by atoms with Gasteiger partial charge in [0.05, 0.1) is 23.0 Å². The predicted octanol–water partition coefficient (Wildman–Crippen LogP) is 11.9. The zero-order valence-electron chi connectivity index (χ0n) is 38.8. The second-order valence-electron chi connectivity index (χ2n) is 20.2. The fourth-order valence-corrected chi connectivity index (χ4v) is 17.5. The minimum absolute atomic E-state index is 0.0281. The second kappa shape index (κ2) is 16.9. The van der Waals surface area contributed by atoms with Gasteiger partial charge in [-0.05, 0) is 103 Å². The zero-order chi connectivity index (χ0) is 46.2. The minimum atomic E-state index is -2.35. The molecule has 12 heteroatoms. The molecule has 4 aliphatic rings. The van der Waals surface area contributed by atoms with Gasteiger partial charge in [0.2, 0.25) is 0 Å². The highest BCUT2D eigenvalue weighted by Crippen LogP contribution is 2.46. The molecule has 0 radical (unpaired) electrons. The third-order valence-corrected chi connectivity index (χ3v) is 21.6. The number of benzene rings is 4. The Kier molecular flexibility index (Phi) is 11.7. The van der Waals surface area contributed by atoms with E-state index in [1.807, 2.05) is 6.07 Å². The van der Waals surface area contributed by atoms with E-state index in [1.165, 1.54) is 23.8 Å². The Morgan fingerprint density at radius 2 is 1.62 bits per heavy atom. The summed E-state index contributed by atoms with van der Waals surface area (Å²) in [6.07, 6.45) is 7.38. The molecular formula is C53H60F4N6OSi. The van der Waals surface area contributed by atoms with Crippen LogP contribution in [0.15, 0.2) is 84.7 Å². The minimum Gasteiger partial charge on any atom is -0.461 e. The van der Waals surface area contributed by atoms with Gasteiger partial charge < -0.3 is 15.4 Å². The lowest BCUT2D eigenvalue weighted by Crippen LogP contribution is -2.60. The van der Waals surface area contributed by atoms with Crippen LogP contribution in [0.2, 0.25) is 16.6 Å². The number of hydrogen-bond acceptors (Lipinski definition) is 7. The molecule has 7 nitrogen and oxygen atoms in total. The molecule has 2 N–H and O–H groups in total. The first-order valence-corrected chi connectivity index (χ1v) is 25.4. The maximum atomic E-state index is 17.9. The largest absolute Gasteiger partial charge is 0.461 e. The van der Waals surface area contributed by atoms with E-state index in [4.69, 9.17) is 20.4 Å². The van der Waals surface area contributed by atoms with Crippen LogP contribution in [0.4, 0.5) is 29.1 Å².